The molecular weight excluding hydrogens is 194 g/mol. The third-order valence-electron chi connectivity index (χ3n) is 3.16. The minimum absolute atomic E-state index is 0.395. The van der Waals surface area contributed by atoms with E-state index >= 15 is 0 Å². The summed E-state index contributed by atoms with van der Waals surface area (Å²) in [5, 5.41) is 8.83. The van der Waals surface area contributed by atoms with E-state index in [-0.39, 0.29) is 0 Å². The van der Waals surface area contributed by atoms with E-state index in [1.807, 2.05) is 0 Å². The van der Waals surface area contributed by atoms with Gasteiger partial charge in [0, 0.05) is 6.54 Å². The summed E-state index contributed by atoms with van der Waals surface area (Å²) >= 11 is 0. The van der Waals surface area contributed by atoms with Gasteiger partial charge in [0.15, 0.2) is 6.10 Å². The van der Waals surface area contributed by atoms with Crippen molar-refractivity contribution in [2.45, 2.75) is 57.2 Å². The van der Waals surface area contributed by atoms with Gasteiger partial charge in [-0.1, -0.05) is 25.7 Å². The molecule has 0 saturated heterocycles. The maximum Gasteiger partial charge on any atom is 0.332 e. The molecule has 1 unspecified atom stereocenters. The third kappa shape index (κ3) is 3.47. The van der Waals surface area contributed by atoms with Crippen LogP contribution in [-0.2, 0) is 9.53 Å². The van der Waals surface area contributed by atoms with Crippen LogP contribution < -0.4 is 5.73 Å². The molecule has 1 aliphatic carbocycles. The smallest absolute Gasteiger partial charge is 0.332 e. The van der Waals surface area contributed by atoms with E-state index in [4.69, 9.17) is 15.6 Å². The van der Waals surface area contributed by atoms with Crippen molar-refractivity contribution in [2.75, 3.05) is 6.54 Å². The Hall–Kier alpha value is -0.610. The molecule has 4 heteroatoms. The minimum Gasteiger partial charge on any atom is -0.479 e. The van der Waals surface area contributed by atoms with Gasteiger partial charge in [0.25, 0.3) is 0 Å². The first-order valence-corrected chi connectivity index (χ1v) is 5.70. The molecule has 15 heavy (non-hydrogen) atoms. The predicted octanol–water partition coefficient (Wildman–Crippen LogP) is 1.53. The number of carboxylic acids is 1. The standard InChI is InChI=1S/C11H21NO3/c1-9(10(13)14)15-11(8-12)6-4-2-3-5-7-11/h9H,2-8,12H2,1H3,(H,13,14). The highest BCUT2D eigenvalue weighted by Crippen LogP contribution is 2.30. The molecule has 0 radical (unpaired) electrons. The Morgan fingerprint density at radius 3 is 2.33 bits per heavy atom. The van der Waals surface area contributed by atoms with Crippen LogP contribution in [0.1, 0.15) is 45.4 Å². The van der Waals surface area contributed by atoms with Gasteiger partial charge in [-0.3, -0.25) is 0 Å². The summed E-state index contributed by atoms with van der Waals surface area (Å²) in [7, 11) is 0. The van der Waals surface area contributed by atoms with Gasteiger partial charge in [-0.05, 0) is 19.8 Å². The van der Waals surface area contributed by atoms with Crippen molar-refractivity contribution in [3.05, 3.63) is 0 Å². The van der Waals surface area contributed by atoms with Crippen LogP contribution in [0.5, 0.6) is 0 Å². The van der Waals surface area contributed by atoms with Crippen LogP contribution in [0.3, 0.4) is 0 Å². The van der Waals surface area contributed by atoms with Gasteiger partial charge in [-0.2, -0.15) is 0 Å². The van der Waals surface area contributed by atoms with Crippen LogP contribution in [0.15, 0.2) is 0 Å². The fourth-order valence-electron chi connectivity index (χ4n) is 2.17. The molecule has 1 atom stereocenters. The second kappa shape index (κ2) is 5.47. The first kappa shape index (κ1) is 12.5. The summed E-state index contributed by atoms with van der Waals surface area (Å²) in [5.74, 6) is -0.910. The van der Waals surface area contributed by atoms with Crippen LogP contribution >= 0.6 is 0 Å². The van der Waals surface area contributed by atoms with Gasteiger partial charge in [-0.15, -0.1) is 0 Å². The lowest BCUT2D eigenvalue weighted by Gasteiger charge is -2.33. The molecule has 1 fully saturated rings. The number of carbonyl (C=O) groups is 1. The Bertz CT molecular complexity index is 210. The van der Waals surface area contributed by atoms with Gasteiger partial charge in [0.05, 0.1) is 5.60 Å². The molecule has 0 aromatic carbocycles. The summed E-state index contributed by atoms with van der Waals surface area (Å²) in [6, 6.07) is 0. The number of rotatable bonds is 4. The second-order valence-electron chi connectivity index (χ2n) is 4.40. The number of nitrogens with two attached hydrogens (primary N) is 1. The zero-order valence-corrected chi connectivity index (χ0v) is 9.37. The molecule has 0 spiro atoms. The molecule has 1 rings (SSSR count). The Kier molecular flexibility index (Phi) is 4.54. The minimum atomic E-state index is -0.910. The van der Waals surface area contributed by atoms with E-state index in [1.54, 1.807) is 6.92 Å². The summed E-state index contributed by atoms with van der Waals surface area (Å²) in [6.45, 7) is 2.00. The van der Waals surface area contributed by atoms with Gasteiger partial charge in [0.2, 0.25) is 0 Å². The van der Waals surface area contributed by atoms with Crippen LogP contribution in [-0.4, -0.2) is 29.3 Å². The lowest BCUT2D eigenvalue weighted by molar-refractivity contribution is -0.163. The average Bonchev–Trinajstić information content (AvgIpc) is 2.44. The molecule has 4 nitrogen and oxygen atoms in total. The molecular formula is C11H21NO3. The topological polar surface area (TPSA) is 72.5 Å². The molecule has 0 aliphatic heterocycles. The molecule has 0 aromatic rings. The normalized spacial score (nSPS) is 23.1. The Morgan fingerprint density at radius 1 is 1.40 bits per heavy atom. The van der Waals surface area contributed by atoms with Crippen molar-refractivity contribution < 1.29 is 14.6 Å². The van der Waals surface area contributed by atoms with E-state index < -0.39 is 17.7 Å². The number of hydrogen-bond donors (Lipinski definition) is 2. The average molecular weight is 215 g/mol. The molecule has 1 saturated carbocycles. The number of hydrogen-bond acceptors (Lipinski definition) is 3. The fourth-order valence-corrected chi connectivity index (χ4v) is 2.17. The van der Waals surface area contributed by atoms with Crippen LogP contribution in [0.25, 0.3) is 0 Å². The van der Waals surface area contributed by atoms with Crippen molar-refractivity contribution in [3.8, 4) is 0 Å². The van der Waals surface area contributed by atoms with Gasteiger partial charge < -0.3 is 15.6 Å². The summed E-state index contributed by atoms with van der Waals surface area (Å²) in [6.07, 6.45) is 5.60. The SMILES string of the molecule is CC(OC1(CN)CCCCCC1)C(=O)O. The predicted molar refractivity (Wildman–Crippen MR) is 57.7 cm³/mol. The Morgan fingerprint density at radius 2 is 1.93 bits per heavy atom. The highest BCUT2D eigenvalue weighted by atomic mass is 16.5. The van der Waals surface area contributed by atoms with Crippen molar-refractivity contribution >= 4 is 5.97 Å². The third-order valence-corrected chi connectivity index (χ3v) is 3.16. The first-order valence-electron chi connectivity index (χ1n) is 5.70. The zero-order chi connectivity index (χ0) is 11.3. The van der Waals surface area contributed by atoms with Crippen molar-refractivity contribution in [2.24, 2.45) is 5.73 Å². The quantitative estimate of drug-likeness (QED) is 0.697. The van der Waals surface area contributed by atoms with Gasteiger partial charge in [0.1, 0.15) is 0 Å². The van der Waals surface area contributed by atoms with Gasteiger partial charge >= 0.3 is 5.97 Å². The monoisotopic (exact) mass is 215 g/mol. The molecule has 1 aliphatic rings. The summed E-state index contributed by atoms with van der Waals surface area (Å²) in [5.41, 5.74) is 5.34. The molecule has 0 bridgehead atoms. The van der Waals surface area contributed by atoms with E-state index in [1.165, 1.54) is 12.8 Å². The maximum absolute atomic E-state index is 10.8. The van der Waals surface area contributed by atoms with E-state index in [0.717, 1.165) is 25.7 Å². The Balaban J connectivity index is 2.61. The number of carboxylic acid groups (broad SMARTS) is 1. The second-order valence-corrected chi connectivity index (χ2v) is 4.40. The zero-order valence-electron chi connectivity index (χ0n) is 9.37. The molecule has 88 valence electrons. The van der Waals surface area contributed by atoms with E-state index in [0.29, 0.717) is 6.54 Å². The highest BCUT2D eigenvalue weighted by Gasteiger charge is 2.33. The van der Waals surface area contributed by atoms with Crippen LogP contribution in [0, 0.1) is 0 Å². The maximum atomic E-state index is 10.8. The molecule has 0 aromatic heterocycles. The van der Waals surface area contributed by atoms with Crippen LogP contribution in [0.2, 0.25) is 0 Å². The summed E-state index contributed by atoms with van der Waals surface area (Å²) < 4.78 is 5.64. The van der Waals surface area contributed by atoms with Gasteiger partial charge in [-0.25, -0.2) is 4.79 Å². The fraction of sp³-hybridized carbons (Fsp3) is 0.909. The van der Waals surface area contributed by atoms with Crippen molar-refractivity contribution in [1.82, 2.24) is 0 Å². The van der Waals surface area contributed by atoms with E-state index in [9.17, 15) is 4.79 Å². The largest absolute Gasteiger partial charge is 0.479 e. The Labute approximate surface area is 90.8 Å². The lowest BCUT2D eigenvalue weighted by atomic mass is 9.94. The lowest BCUT2D eigenvalue weighted by Crippen LogP contribution is -2.44. The molecule has 0 heterocycles. The first-order chi connectivity index (χ1) is 7.09. The molecule has 0 amide bonds. The number of aliphatic carboxylic acids is 1. The summed E-state index contributed by atoms with van der Waals surface area (Å²) in [4.78, 5) is 10.8. The van der Waals surface area contributed by atoms with Crippen molar-refractivity contribution in [3.63, 3.8) is 0 Å². The van der Waals surface area contributed by atoms with Crippen molar-refractivity contribution in [1.29, 1.82) is 0 Å². The molecule has 3 N–H and O–H groups in total. The van der Waals surface area contributed by atoms with E-state index in [2.05, 4.69) is 0 Å². The number of ether oxygens (including phenoxy) is 1. The highest BCUT2D eigenvalue weighted by molar-refractivity contribution is 5.71. The van der Waals surface area contributed by atoms with Crippen LogP contribution in [0.4, 0.5) is 0 Å².